The number of pyridine rings is 1. The topological polar surface area (TPSA) is 71.2 Å². The van der Waals surface area contributed by atoms with Crippen molar-refractivity contribution in [2.75, 3.05) is 11.9 Å². The number of fused-ring (bicyclic) bond motifs is 1. The van der Waals surface area contributed by atoms with E-state index in [9.17, 15) is 4.79 Å². The van der Waals surface area contributed by atoms with Gasteiger partial charge in [0.2, 0.25) is 0 Å². The molecule has 0 fully saturated rings. The third-order valence-corrected chi connectivity index (χ3v) is 3.92. The monoisotopic (exact) mass is 320 g/mol. The number of nitrogens with two attached hydrogens (primary N) is 1. The summed E-state index contributed by atoms with van der Waals surface area (Å²) in [6, 6.07) is 17.5. The number of hydrazine groups is 1. The summed E-state index contributed by atoms with van der Waals surface area (Å²) in [7, 11) is 0. The average Bonchev–Trinajstić information content (AvgIpc) is 2.65. The molecule has 0 saturated carbocycles. The van der Waals surface area contributed by atoms with Crippen LogP contribution in [0.4, 0.5) is 5.69 Å². The highest BCUT2D eigenvalue weighted by molar-refractivity contribution is 5.94. The molecule has 0 aliphatic heterocycles. The number of carbonyl (C=O) groups is 1. The van der Waals surface area contributed by atoms with Crippen LogP contribution < -0.4 is 11.2 Å². The van der Waals surface area contributed by atoms with Crippen molar-refractivity contribution in [2.45, 2.75) is 13.5 Å². The number of rotatable bonds is 5. The number of carbonyl (C=O) groups excluding carboxylic acids is 1. The fourth-order valence-corrected chi connectivity index (χ4v) is 2.52. The normalized spacial score (nSPS) is 10.6. The van der Waals surface area contributed by atoms with Crippen LogP contribution in [0.5, 0.6) is 0 Å². The quantitative estimate of drug-likeness (QED) is 0.430. The molecule has 0 atom stereocenters. The van der Waals surface area contributed by atoms with Gasteiger partial charge in [-0.05, 0) is 36.8 Å². The molecule has 1 amide bonds. The van der Waals surface area contributed by atoms with Gasteiger partial charge in [-0.1, -0.05) is 30.3 Å². The van der Waals surface area contributed by atoms with Gasteiger partial charge in [-0.2, -0.15) is 0 Å². The highest BCUT2D eigenvalue weighted by Gasteiger charge is 2.10. The minimum Gasteiger partial charge on any atom is -0.379 e. The Morgan fingerprint density at radius 3 is 2.62 bits per heavy atom. The highest BCUT2D eigenvalue weighted by atomic mass is 16.2. The number of nitrogens with zero attached hydrogens (tertiary/aromatic N) is 2. The van der Waals surface area contributed by atoms with Gasteiger partial charge in [-0.15, -0.1) is 0 Å². The number of hydrogen-bond donors (Lipinski definition) is 2. The van der Waals surface area contributed by atoms with Crippen LogP contribution in [0.3, 0.4) is 0 Å². The minimum atomic E-state index is -0.171. The average molecular weight is 320 g/mol. The molecule has 1 aromatic heterocycles. The maximum Gasteiger partial charge on any atom is 0.267 e. The van der Waals surface area contributed by atoms with E-state index in [1.165, 1.54) is 5.01 Å². The molecule has 2 aromatic carbocycles. The SMILES string of the molecule is CCN(N)C(=O)c1ccc(CNc2cccc3cccnc23)cc1. The van der Waals surface area contributed by atoms with E-state index >= 15 is 0 Å². The number of hydrogen-bond acceptors (Lipinski definition) is 4. The molecule has 3 rings (SSSR count). The summed E-state index contributed by atoms with van der Waals surface area (Å²) in [6.07, 6.45) is 1.79. The molecule has 0 unspecified atom stereocenters. The Hall–Kier alpha value is -2.92. The van der Waals surface area contributed by atoms with E-state index in [0.29, 0.717) is 18.7 Å². The Balaban J connectivity index is 1.72. The third kappa shape index (κ3) is 3.36. The standard InChI is InChI=1S/C19H20N4O/c1-2-23(20)19(24)16-10-8-14(9-11-16)13-22-17-7-3-5-15-6-4-12-21-18(15)17/h3-12,22H,2,13,20H2,1H3. The van der Waals surface area contributed by atoms with Crippen molar-refractivity contribution < 1.29 is 4.79 Å². The summed E-state index contributed by atoms with van der Waals surface area (Å²) in [4.78, 5) is 16.4. The molecule has 0 bridgehead atoms. The zero-order valence-electron chi connectivity index (χ0n) is 13.6. The Morgan fingerprint density at radius 1 is 1.12 bits per heavy atom. The molecule has 1 heterocycles. The lowest BCUT2D eigenvalue weighted by molar-refractivity contribution is 0.0764. The number of anilines is 1. The molecule has 0 aliphatic carbocycles. The lowest BCUT2D eigenvalue weighted by atomic mass is 10.1. The molecule has 3 N–H and O–H groups in total. The van der Waals surface area contributed by atoms with Gasteiger partial charge < -0.3 is 5.32 Å². The molecule has 5 heteroatoms. The van der Waals surface area contributed by atoms with E-state index in [0.717, 1.165) is 22.2 Å². The number of amides is 1. The lowest BCUT2D eigenvalue weighted by Gasteiger charge is -2.14. The summed E-state index contributed by atoms with van der Waals surface area (Å²) < 4.78 is 0. The van der Waals surface area contributed by atoms with Gasteiger partial charge in [0.15, 0.2) is 0 Å². The van der Waals surface area contributed by atoms with Crippen molar-refractivity contribution in [1.29, 1.82) is 0 Å². The molecular weight excluding hydrogens is 300 g/mol. The molecule has 122 valence electrons. The first-order chi connectivity index (χ1) is 11.7. The second kappa shape index (κ2) is 7.10. The number of benzene rings is 2. The van der Waals surface area contributed by atoms with E-state index < -0.39 is 0 Å². The number of para-hydroxylation sites is 1. The summed E-state index contributed by atoms with van der Waals surface area (Å²) in [5.41, 5.74) is 3.62. The van der Waals surface area contributed by atoms with Crippen molar-refractivity contribution in [3.05, 3.63) is 71.9 Å². The first-order valence-corrected chi connectivity index (χ1v) is 7.92. The van der Waals surface area contributed by atoms with Crippen LogP contribution in [-0.4, -0.2) is 22.4 Å². The molecule has 0 spiro atoms. The fraction of sp³-hybridized carbons (Fsp3) is 0.158. The molecule has 3 aromatic rings. The van der Waals surface area contributed by atoms with Crippen LogP contribution in [0, 0.1) is 0 Å². The number of nitrogens with one attached hydrogen (secondary N) is 1. The predicted octanol–water partition coefficient (Wildman–Crippen LogP) is 3.18. The molecule has 0 radical (unpaired) electrons. The smallest absolute Gasteiger partial charge is 0.267 e. The second-order valence-electron chi connectivity index (χ2n) is 5.52. The van der Waals surface area contributed by atoms with Gasteiger partial charge in [-0.25, -0.2) is 5.84 Å². The summed E-state index contributed by atoms with van der Waals surface area (Å²) in [6.45, 7) is 2.98. The largest absolute Gasteiger partial charge is 0.379 e. The Kier molecular flexibility index (Phi) is 4.72. The second-order valence-corrected chi connectivity index (χ2v) is 5.52. The van der Waals surface area contributed by atoms with Crippen LogP contribution in [0.15, 0.2) is 60.8 Å². The third-order valence-electron chi connectivity index (χ3n) is 3.92. The van der Waals surface area contributed by atoms with Gasteiger partial charge in [0.05, 0.1) is 11.2 Å². The van der Waals surface area contributed by atoms with E-state index in [4.69, 9.17) is 5.84 Å². The van der Waals surface area contributed by atoms with Crippen LogP contribution in [0.1, 0.15) is 22.8 Å². The van der Waals surface area contributed by atoms with Gasteiger partial charge >= 0.3 is 0 Å². The lowest BCUT2D eigenvalue weighted by Crippen LogP contribution is -2.36. The van der Waals surface area contributed by atoms with Crippen molar-refractivity contribution in [1.82, 2.24) is 9.99 Å². The van der Waals surface area contributed by atoms with E-state index in [1.54, 1.807) is 18.3 Å². The molecule has 24 heavy (non-hydrogen) atoms. The van der Waals surface area contributed by atoms with Gasteiger partial charge in [0.25, 0.3) is 5.91 Å². The maximum absolute atomic E-state index is 12.0. The van der Waals surface area contributed by atoms with Crippen molar-refractivity contribution in [2.24, 2.45) is 5.84 Å². The van der Waals surface area contributed by atoms with E-state index in [1.807, 2.05) is 49.4 Å². The minimum absolute atomic E-state index is 0.171. The first kappa shape index (κ1) is 16.0. The zero-order valence-corrected chi connectivity index (χ0v) is 13.6. The maximum atomic E-state index is 12.0. The summed E-state index contributed by atoms with van der Waals surface area (Å²) >= 11 is 0. The zero-order chi connectivity index (χ0) is 16.9. The molecule has 5 nitrogen and oxygen atoms in total. The Labute approximate surface area is 141 Å². The molecule has 0 saturated heterocycles. The van der Waals surface area contributed by atoms with Crippen LogP contribution in [0.2, 0.25) is 0 Å². The number of aromatic nitrogens is 1. The van der Waals surface area contributed by atoms with E-state index in [-0.39, 0.29) is 5.91 Å². The van der Waals surface area contributed by atoms with Gasteiger partial charge in [-0.3, -0.25) is 14.8 Å². The van der Waals surface area contributed by atoms with Crippen LogP contribution >= 0.6 is 0 Å². The predicted molar refractivity (Wildman–Crippen MR) is 96.4 cm³/mol. The van der Waals surface area contributed by atoms with Crippen molar-refractivity contribution in [3.63, 3.8) is 0 Å². The first-order valence-electron chi connectivity index (χ1n) is 7.92. The van der Waals surface area contributed by atoms with Gasteiger partial charge in [0, 0.05) is 30.2 Å². The Morgan fingerprint density at radius 2 is 1.88 bits per heavy atom. The van der Waals surface area contributed by atoms with E-state index in [2.05, 4.69) is 10.3 Å². The molecular formula is C19H20N4O. The summed E-state index contributed by atoms with van der Waals surface area (Å²) in [5.74, 6) is 5.47. The van der Waals surface area contributed by atoms with Crippen LogP contribution in [0.25, 0.3) is 10.9 Å². The molecule has 0 aliphatic rings. The van der Waals surface area contributed by atoms with Crippen LogP contribution in [-0.2, 0) is 6.54 Å². The highest BCUT2D eigenvalue weighted by Crippen LogP contribution is 2.21. The fourth-order valence-electron chi connectivity index (χ4n) is 2.52. The van der Waals surface area contributed by atoms with Crippen molar-refractivity contribution in [3.8, 4) is 0 Å². The van der Waals surface area contributed by atoms with Gasteiger partial charge in [0.1, 0.15) is 0 Å². The van der Waals surface area contributed by atoms with Crippen molar-refractivity contribution >= 4 is 22.5 Å². The summed E-state index contributed by atoms with van der Waals surface area (Å²) in [5, 5.41) is 5.71. The Bertz CT molecular complexity index is 840.